The summed E-state index contributed by atoms with van der Waals surface area (Å²) in [4.78, 5) is 0. The van der Waals surface area contributed by atoms with E-state index in [4.69, 9.17) is 9.47 Å². The highest BCUT2D eigenvalue weighted by Crippen LogP contribution is 2.34. The molecule has 3 aromatic rings. The zero-order chi connectivity index (χ0) is 21.6. The number of aliphatic hydroxyl groups excluding tert-OH is 1. The van der Waals surface area contributed by atoms with Crippen LogP contribution in [0.1, 0.15) is 29.0 Å². The van der Waals surface area contributed by atoms with E-state index in [9.17, 15) is 10.2 Å². The van der Waals surface area contributed by atoms with Gasteiger partial charge >= 0.3 is 0 Å². The second-order valence-electron chi connectivity index (χ2n) is 8.00. The summed E-state index contributed by atoms with van der Waals surface area (Å²) in [6.45, 7) is 0.916. The summed E-state index contributed by atoms with van der Waals surface area (Å²) in [5.41, 5.74) is 3.26. The Kier molecular flexibility index (Phi) is 6.87. The van der Waals surface area contributed by atoms with Crippen LogP contribution in [0.25, 0.3) is 0 Å². The van der Waals surface area contributed by atoms with E-state index in [-0.39, 0.29) is 23.8 Å². The zero-order valence-corrected chi connectivity index (χ0v) is 17.6. The van der Waals surface area contributed by atoms with Crippen LogP contribution in [0.5, 0.6) is 11.5 Å². The van der Waals surface area contributed by atoms with Crippen LogP contribution in [0.4, 0.5) is 0 Å². The molecule has 4 rings (SSSR count). The van der Waals surface area contributed by atoms with Gasteiger partial charge in [-0.25, -0.2) is 0 Å². The van der Waals surface area contributed by atoms with Crippen LogP contribution in [0.3, 0.4) is 0 Å². The molecule has 5 heteroatoms. The SMILES string of the molecule is COc1cc(O)cc(CN[C@@H]2CO[C@H](C(c3ccccc3)c3ccccc3)C[C@H]2O)c1. The lowest BCUT2D eigenvalue weighted by Crippen LogP contribution is -2.50. The largest absolute Gasteiger partial charge is 0.508 e. The number of nitrogens with one attached hydrogen (secondary N) is 1. The van der Waals surface area contributed by atoms with Gasteiger partial charge < -0.3 is 25.0 Å². The lowest BCUT2D eigenvalue weighted by molar-refractivity contribution is -0.0718. The molecule has 162 valence electrons. The standard InChI is InChI=1S/C26H29NO4/c1-30-22-13-18(12-21(28)14-22)16-27-23-17-31-25(15-24(23)29)26(19-8-4-2-5-9-19)20-10-6-3-7-11-20/h2-14,23-29H,15-17H2,1H3/t23-,24-,25+/m1/s1. The van der Waals surface area contributed by atoms with E-state index in [1.165, 1.54) is 11.1 Å². The molecule has 0 unspecified atom stereocenters. The quantitative estimate of drug-likeness (QED) is 0.543. The molecule has 0 saturated carbocycles. The number of rotatable bonds is 7. The Morgan fingerprint density at radius 3 is 2.23 bits per heavy atom. The molecule has 0 aromatic heterocycles. The summed E-state index contributed by atoms with van der Waals surface area (Å²) in [7, 11) is 1.57. The molecule has 1 saturated heterocycles. The molecular weight excluding hydrogens is 390 g/mol. The van der Waals surface area contributed by atoms with Crippen molar-refractivity contribution in [2.45, 2.75) is 37.1 Å². The van der Waals surface area contributed by atoms with Crippen molar-refractivity contribution in [3.63, 3.8) is 0 Å². The first kappa shape index (κ1) is 21.4. The van der Waals surface area contributed by atoms with Crippen LogP contribution in [0, 0.1) is 0 Å². The van der Waals surface area contributed by atoms with E-state index < -0.39 is 6.10 Å². The number of aliphatic hydroxyl groups is 1. The third-order valence-corrected chi connectivity index (χ3v) is 5.87. The van der Waals surface area contributed by atoms with E-state index in [1.807, 2.05) is 42.5 Å². The van der Waals surface area contributed by atoms with Crippen LogP contribution >= 0.6 is 0 Å². The molecule has 1 fully saturated rings. The van der Waals surface area contributed by atoms with Crippen molar-refractivity contribution < 1.29 is 19.7 Å². The van der Waals surface area contributed by atoms with E-state index in [0.717, 1.165) is 5.56 Å². The van der Waals surface area contributed by atoms with Crippen molar-refractivity contribution in [3.05, 3.63) is 95.6 Å². The van der Waals surface area contributed by atoms with Crippen molar-refractivity contribution >= 4 is 0 Å². The van der Waals surface area contributed by atoms with Gasteiger partial charge in [0, 0.05) is 24.9 Å². The fraction of sp³-hybridized carbons (Fsp3) is 0.308. The Labute approximate surface area is 183 Å². The molecule has 3 atom stereocenters. The first-order valence-corrected chi connectivity index (χ1v) is 10.6. The Morgan fingerprint density at radius 1 is 1.00 bits per heavy atom. The topological polar surface area (TPSA) is 71.0 Å². The van der Waals surface area contributed by atoms with Gasteiger partial charge in [0.2, 0.25) is 0 Å². The molecule has 5 nitrogen and oxygen atoms in total. The predicted molar refractivity (Wildman–Crippen MR) is 120 cm³/mol. The molecule has 0 aliphatic carbocycles. The summed E-state index contributed by atoms with van der Waals surface area (Å²) in [5.74, 6) is 0.824. The molecule has 1 heterocycles. The highest BCUT2D eigenvalue weighted by atomic mass is 16.5. The number of benzene rings is 3. The summed E-state index contributed by atoms with van der Waals surface area (Å²) in [5, 5.41) is 24.1. The number of aromatic hydroxyl groups is 1. The summed E-state index contributed by atoms with van der Waals surface area (Å²) < 4.78 is 11.5. The number of phenols is 1. The molecule has 3 aromatic carbocycles. The molecular formula is C26H29NO4. The van der Waals surface area contributed by atoms with Crippen LogP contribution in [-0.2, 0) is 11.3 Å². The number of hydrogen-bond acceptors (Lipinski definition) is 5. The van der Waals surface area contributed by atoms with Crippen molar-refractivity contribution in [2.75, 3.05) is 13.7 Å². The van der Waals surface area contributed by atoms with Gasteiger partial charge in [0.25, 0.3) is 0 Å². The zero-order valence-electron chi connectivity index (χ0n) is 17.6. The van der Waals surface area contributed by atoms with Gasteiger partial charge in [-0.1, -0.05) is 60.7 Å². The normalized spacial score (nSPS) is 21.2. The van der Waals surface area contributed by atoms with Crippen LogP contribution in [-0.4, -0.2) is 42.2 Å². The minimum Gasteiger partial charge on any atom is -0.508 e. The fourth-order valence-corrected chi connectivity index (χ4v) is 4.29. The summed E-state index contributed by atoms with van der Waals surface area (Å²) in [6, 6.07) is 25.6. The maximum absolute atomic E-state index is 10.9. The van der Waals surface area contributed by atoms with Crippen molar-refractivity contribution in [1.29, 1.82) is 0 Å². The van der Waals surface area contributed by atoms with E-state index >= 15 is 0 Å². The van der Waals surface area contributed by atoms with Gasteiger partial charge in [0.1, 0.15) is 11.5 Å². The number of ether oxygens (including phenoxy) is 2. The monoisotopic (exact) mass is 419 g/mol. The predicted octanol–water partition coefficient (Wildman–Crippen LogP) is 3.84. The molecule has 1 aliphatic heterocycles. The van der Waals surface area contributed by atoms with Crippen LogP contribution in [0.15, 0.2) is 78.9 Å². The van der Waals surface area contributed by atoms with Gasteiger partial charge in [0.05, 0.1) is 32.0 Å². The number of hydrogen-bond donors (Lipinski definition) is 3. The average molecular weight is 420 g/mol. The number of phenolic OH excluding ortho intramolecular Hbond substituents is 1. The van der Waals surface area contributed by atoms with Crippen molar-refractivity contribution in [2.24, 2.45) is 0 Å². The Balaban J connectivity index is 1.44. The number of methoxy groups -OCH3 is 1. The molecule has 0 spiro atoms. The molecule has 0 bridgehead atoms. The minimum atomic E-state index is -0.534. The van der Waals surface area contributed by atoms with Gasteiger partial charge in [-0.2, -0.15) is 0 Å². The Hall–Kier alpha value is -2.86. The summed E-state index contributed by atoms with van der Waals surface area (Å²) >= 11 is 0. The van der Waals surface area contributed by atoms with Gasteiger partial charge in [-0.15, -0.1) is 0 Å². The van der Waals surface area contributed by atoms with Crippen LogP contribution < -0.4 is 10.1 Å². The first-order valence-electron chi connectivity index (χ1n) is 10.6. The minimum absolute atomic E-state index is 0.0633. The maximum Gasteiger partial charge on any atom is 0.122 e. The van der Waals surface area contributed by atoms with Crippen molar-refractivity contribution in [1.82, 2.24) is 5.32 Å². The maximum atomic E-state index is 10.9. The highest BCUT2D eigenvalue weighted by molar-refractivity contribution is 5.37. The van der Waals surface area contributed by atoms with E-state index in [2.05, 4.69) is 29.6 Å². The molecule has 0 radical (unpaired) electrons. The van der Waals surface area contributed by atoms with Crippen LogP contribution in [0.2, 0.25) is 0 Å². The summed E-state index contributed by atoms with van der Waals surface area (Å²) in [6.07, 6.45) is -0.109. The van der Waals surface area contributed by atoms with Gasteiger partial charge in [0.15, 0.2) is 0 Å². The Morgan fingerprint density at radius 2 is 1.65 bits per heavy atom. The lowest BCUT2D eigenvalue weighted by atomic mass is 9.82. The van der Waals surface area contributed by atoms with E-state index in [1.54, 1.807) is 19.2 Å². The second kappa shape index (κ2) is 9.96. The highest BCUT2D eigenvalue weighted by Gasteiger charge is 2.35. The lowest BCUT2D eigenvalue weighted by Gasteiger charge is -2.38. The average Bonchev–Trinajstić information content (AvgIpc) is 2.80. The molecule has 1 aliphatic rings. The van der Waals surface area contributed by atoms with Gasteiger partial charge in [-0.3, -0.25) is 0 Å². The smallest absolute Gasteiger partial charge is 0.122 e. The molecule has 31 heavy (non-hydrogen) atoms. The van der Waals surface area contributed by atoms with Crippen molar-refractivity contribution in [3.8, 4) is 11.5 Å². The third-order valence-electron chi connectivity index (χ3n) is 5.87. The second-order valence-corrected chi connectivity index (χ2v) is 8.00. The molecule has 3 N–H and O–H groups in total. The third kappa shape index (κ3) is 5.25. The van der Waals surface area contributed by atoms with E-state index in [0.29, 0.717) is 25.3 Å². The molecule has 0 amide bonds. The first-order chi connectivity index (χ1) is 15.1. The van der Waals surface area contributed by atoms with Gasteiger partial charge in [-0.05, 0) is 28.8 Å². The fourth-order valence-electron chi connectivity index (χ4n) is 4.29. The Bertz CT molecular complexity index is 924.